The smallest absolute Gasteiger partial charge is 0.307 e. The third-order valence-corrected chi connectivity index (χ3v) is 2.36. The summed E-state index contributed by atoms with van der Waals surface area (Å²) in [6, 6.07) is 10.3. The van der Waals surface area contributed by atoms with Gasteiger partial charge in [-0.25, -0.2) is 0 Å². The molecule has 1 aromatic rings. The highest BCUT2D eigenvalue weighted by molar-refractivity contribution is 5.70. The van der Waals surface area contributed by atoms with Crippen LogP contribution in [0.15, 0.2) is 30.3 Å². The van der Waals surface area contributed by atoms with Gasteiger partial charge in [0.25, 0.3) is 0 Å². The van der Waals surface area contributed by atoms with Gasteiger partial charge >= 0.3 is 5.97 Å². The monoisotopic (exact) mass is 249 g/mol. The number of benzene rings is 1. The van der Waals surface area contributed by atoms with Crippen LogP contribution < -0.4 is 5.32 Å². The summed E-state index contributed by atoms with van der Waals surface area (Å²) in [5, 5.41) is 3.25. The van der Waals surface area contributed by atoms with Crippen LogP contribution in [0.25, 0.3) is 0 Å². The van der Waals surface area contributed by atoms with E-state index in [4.69, 9.17) is 4.74 Å². The summed E-state index contributed by atoms with van der Waals surface area (Å²) in [6.07, 6.45) is 1.40. The average molecular weight is 249 g/mol. The molecule has 0 saturated carbocycles. The number of carbonyl (C=O) groups is 1. The van der Waals surface area contributed by atoms with Gasteiger partial charge in [-0.05, 0) is 39.3 Å². The van der Waals surface area contributed by atoms with Gasteiger partial charge in [0, 0.05) is 6.54 Å². The molecule has 0 atom stereocenters. The number of esters is 1. The maximum atomic E-state index is 11.4. The third-order valence-electron chi connectivity index (χ3n) is 2.36. The second kappa shape index (κ2) is 7.17. The fourth-order valence-corrected chi connectivity index (χ4v) is 1.59. The molecule has 1 aromatic carbocycles. The molecule has 1 N–H and O–H groups in total. The summed E-state index contributed by atoms with van der Waals surface area (Å²) in [5.74, 6) is -0.144. The van der Waals surface area contributed by atoms with Crippen molar-refractivity contribution in [2.24, 2.45) is 0 Å². The van der Waals surface area contributed by atoms with E-state index >= 15 is 0 Å². The first kappa shape index (κ1) is 14.7. The highest BCUT2D eigenvalue weighted by Crippen LogP contribution is 2.07. The van der Waals surface area contributed by atoms with Crippen LogP contribution in [0.4, 0.5) is 0 Å². The Morgan fingerprint density at radius 2 is 1.83 bits per heavy atom. The van der Waals surface area contributed by atoms with Gasteiger partial charge in [-0.2, -0.15) is 0 Å². The van der Waals surface area contributed by atoms with Crippen LogP contribution in [0.2, 0.25) is 0 Å². The molecule has 100 valence electrons. The molecule has 18 heavy (non-hydrogen) atoms. The van der Waals surface area contributed by atoms with E-state index in [-0.39, 0.29) is 11.6 Å². The molecule has 0 spiro atoms. The minimum Gasteiger partial charge on any atom is -0.460 e. The Labute approximate surface area is 110 Å². The molecule has 1 rings (SSSR count). The lowest BCUT2D eigenvalue weighted by molar-refractivity contribution is -0.154. The second-order valence-corrected chi connectivity index (χ2v) is 5.32. The highest BCUT2D eigenvalue weighted by Gasteiger charge is 2.15. The number of carbonyl (C=O) groups excluding carboxylic acids is 1. The van der Waals surface area contributed by atoms with Gasteiger partial charge in [0.15, 0.2) is 0 Å². The minimum absolute atomic E-state index is 0.144. The van der Waals surface area contributed by atoms with Gasteiger partial charge in [-0.3, -0.25) is 4.79 Å². The van der Waals surface area contributed by atoms with Gasteiger partial charge in [0.05, 0.1) is 6.42 Å². The average Bonchev–Trinajstić information content (AvgIpc) is 2.27. The summed E-state index contributed by atoms with van der Waals surface area (Å²) in [5.41, 5.74) is 0.920. The van der Waals surface area contributed by atoms with Gasteiger partial charge in [0.2, 0.25) is 0 Å². The predicted octanol–water partition coefficient (Wildman–Crippen LogP) is 2.55. The Bertz CT molecular complexity index is 355. The molecule has 3 heteroatoms. The molecule has 3 nitrogen and oxygen atoms in total. The molecule has 0 saturated heterocycles. The van der Waals surface area contributed by atoms with E-state index < -0.39 is 0 Å². The molecular formula is C15H23NO2. The summed E-state index contributed by atoms with van der Waals surface area (Å²) < 4.78 is 5.22. The van der Waals surface area contributed by atoms with Crippen molar-refractivity contribution in [3.8, 4) is 0 Å². The number of rotatable bonds is 6. The highest BCUT2D eigenvalue weighted by atomic mass is 16.6. The van der Waals surface area contributed by atoms with Crippen molar-refractivity contribution in [3.05, 3.63) is 35.9 Å². The largest absolute Gasteiger partial charge is 0.460 e. The van der Waals surface area contributed by atoms with E-state index in [1.54, 1.807) is 0 Å². The normalized spacial score (nSPS) is 11.3. The molecule has 0 radical (unpaired) electrons. The molecular weight excluding hydrogens is 226 g/mol. The predicted molar refractivity (Wildman–Crippen MR) is 73.5 cm³/mol. The van der Waals surface area contributed by atoms with Gasteiger partial charge < -0.3 is 10.1 Å². The maximum absolute atomic E-state index is 11.4. The summed E-state index contributed by atoms with van der Waals surface area (Å²) in [6.45, 7) is 7.20. The van der Waals surface area contributed by atoms with Crippen molar-refractivity contribution in [1.29, 1.82) is 0 Å². The number of nitrogens with one attached hydrogen (secondary N) is 1. The van der Waals surface area contributed by atoms with Gasteiger partial charge in [-0.15, -0.1) is 0 Å². The molecule has 0 heterocycles. The molecule has 0 aliphatic heterocycles. The SMILES string of the molecule is CC(C)(C)OC(=O)CCNCCc1ccccc1. The first-order valence-corrected chi connectivity index (χ1v) is 6.44. The van der Waals surface area contributed by atoms with Crippen LogP contribution in [-0.2, 0) is 16.0 Å². The van der Waals surface area contributed by atoms with Crippen molar-refractivity contribution in [1.82, 2.24) is 5.32 Å². The van der Waals surface area contributed by atoms with Crippen molar-refractivity contribution in [2.45, 2.75) is 39.2 Å². The van der Waals surface area contributed by atoms with Crippen LogP contribution in [0.3, 0.4) is 0 Å². The van der Waals surface area contributed by atoms with E-state index in [0.29, 0.717) is 13.0 Å². The molecule has 0 aliphatic rings. The topological polar surface area (TPSA) is 38.3 Å². The van der Waals surface area contributed by atoms with Crippen molar-refractivity contribution < 1.29 is 9.53 Å². The second-order valence-electron chi connectivity index (χ2n) is 5.32. The summed E-state index contributed by atoms with van der Waals surface area (Å²) >= 11 is 0. The summed E-state index contributed by atoms with van der Waals surface area (Å²) in [7, 11) is 0. The fourth-order valence-electron chi connectivity index (χ4n) is 1.59. The van der Waals surface area contributed by atoms with E-state index in [0.717, 1.165) is 13.0 Å². The van der Waals surface area contributed by atoms with Gasteiger partial charge in [-0.1, -0.05) is 30.3 Å². The Hall–Kier alpha value is -1.35. The number of hydrogen-bond acceptors (Lipinski definition) is 3. The zero-order chi connectivity index (χ0) is 13.4. The Morgan fingerprint density at radius 3 is 2.44 bits per heavy atom. The van der Waals surface area contributed by atoms with Gasteiger partial charge in [0.1, 0.15) is 5.60 Å². The lowest BCUT2D eigenvalue weighted by Gasteiger charge is -2.19. The lowest BCUT2D eigenvalue weighted by atomic mass is 10.1. The fraction of sp³-hybridized carbons (Fsp3) is 0.533. The van der Waals surface area contributed by atoms with Crippen molar-refractivity contribution in [2.75, 3.05) is 13.1 Å². The van der Waals surface area contributed by atoms with E-state index in [9.17, 15) is 4.79 Å². The van der Waals surface area contributed by atoms with Crippen LogP contribution >= 0.6 is 0 Å². The first-order chi connectivity index (χ1) is 8.47. The van der Waals surface area contributed by atoms with E-state index in [1.165, 1.54) is 5.56 Å². The molecule has 0 fully saturated rings. The van der Waals surface area contributed by atoms with Crippen molar-refractivity contribution >= 4 is 5.97 Å². The third kappa shape index (κ3) is 7.07. The molecule has 0 bridgehead atoms. The first-order valence-electron chi connectivity index (χ1n) is 6.44. The molecule has 0 aliphatic carbocycles. The van der Waals surface area contributed by atoms with E-state index in [1.807, 2.05) is 39.0 Å². The Balaban J connectivity index is 2.07. The number of hydrogen-bond donors (Lipinski definition) is 1. The van der Waals surface area contributed by atoms with Crippen LogP contribution in [-0.4, -0.2) is 24.7 Å². The zero-order valence-electron chi connectivity index (χ0n) is 11.5. The Morgan fingerprint density at radius 1 is 1.17 bits per heavy atom. The standard InChI is InChI=1S/C15H23NO2/c1-15(2,3)18-14(17)10-12-16-11-9-13-7-5-4-6-8-13/h4-8,16H,9-12H2,1-3H3. The summed E-state index contributed by atoms with van der Waals surface area (Å²) in [4.78, 5) is 11.4. The Kier molecular flexibility index (Phi) is 5.86. The lowest BCUT2D eigenvalue weighted by Crippen LogP contribution is -2.27. The van der Waals surface area contributed by atoms with Crippen molar-refractivity contribution in [3.63, 3.8) is 0 Å². The quantitative estimate of drug-likeness (QED) is 0.622. The van der Waals surface area contributed by atoms with Crippen LogP contribution in [0.5, 0.6) is 0 Å². The zero-order valence-corrected chi connectivity index (χ0v) is 11.5. The van der Waals surface area contributed by atoms with Crippen LogP contribution in [0, 0.1) is 0 Å². The van der Waals surface area contributed by atoms with Crippen LogP contribution in [0.1, 0.15) is 32.8 Å². The number of ether oxygens (including phenoxy) is 1. The maximum Gasteiger partial charge on any atom is 0.307 e. The minimum atomic E-state index is -0.388. The molecule has 0 amide bonds. The molecule has 0 aromatic heterocycles. The van der Waals surface area contributed by atoms with E-state index in [2.05, 4.69) is 17.4 Å². The molecule has 0 unspecified atom stereocenters.